The number of carbonyl (C=O) groups is 1. The largest absolute Gasteiger partial charge is 0.368 e. The number of rotatable bonds is 4. The lowest BCUT2D eigenvalue weighted by molar-refractivity contribution is -0.111. The van der Waals surface area contributed by atoms with Crippen molar-refractivity contribution in [2.24, 2.45) is 0 Å². The maximum atomic E-state index is 13.5. The number of pyridine rings is 2. The Kier molecular flexibility index (Phi) is 6.47. The first-order valence-corrected chi connectivity index (χ1v) is 12.1. The average molecular weight is 472 g/mol. The maximum Gasteiger partial charge on any atom is 0.268 e. The summed E-state index contributed by atoms with van der Waals surface area (Å²) in [7, 11) is 0. The highest BCUT2D eigenvalue weighted by atomic mass is 16.1. The normalized spacial score (nSPS) is 16.2. The van der Waals surface area contributed by atoms with E-state index in [9.17, 15) is 9.59 Å². The molecule has 9 nitrogen and oxygen atoms in total. The summed E-state index contributed by atoms with van der Waals surface area (Å²) in [5.74, 6) is 6.07. The van der Waals surface area contributed by atoms with Gasteiger partial charge in [0.1, 0.15) is 11.5 Å². The molecule has 0 amide bonds. The number of fused-ring (bicyclic) bond motifs is 1. The minimum atomic E-state index is -0.275. The first-order chi connectivity index (χ1) is 17.0. The summed E-state index contributed by atoms with van der Waals surface area (Å²) >= 11 is 0. The van der Waals surface area contributed by atoms with Crippen molar-refractivity contribution in [2.45, 2.75) is 45.6 Å². The Labute approximate surface area is 204 Å². The molecular formula is C26H29N7O2. The quantitative estimate of drug-likeness (QED) is 0.560. The smallest absolute Gasteiger partial charge is 0.268 e. The van der Waals surface area contributed by atoms with Gasteiger partial charge in [0.15, 0.2) is 0 Å². The van der Waals surface area contributed by atoms with E-state index >= 15 is 0 Å². The number of nitrogens with one attached hydrogen (secondary N) is 2. The van der Waals surface area contributed by atoms with E-state index in [1.165, 1.54) is 6.92 Å². The van der Waals surface area contributed by atoms with Crippen LogP contribution in [-0.4, -0.2) is 51.5 Å². The zero-order chi connectivity index (χ0) is 24.4. The van der Waals surface area contributed by atoms with Crippen LogP contribution >= 0.6 is 0 Å². The molecule has 0 unspecified atom stereocenters. The lowest BCUT2D eigenvalue weighted by atomic mass is 10.1. The highest BCUT2D eigenvalue weighted by molar-refractivity contribution is 5.94. The second kappa shape index (κ2) is 9.84. The number of hydrogen-bond donors (Lipinski definition) is 2. The molecule has 3 aromatic rings. The first-order valence-electron chi connectivity index (χ1n) is 12.1. The van der Waals surface area contributed by atoms with Gasteiger partial charge in [0, 0.05) is 50.7 Å². The maximum absolute atomic E-state index is 13.5. The minimum absolute atomic E-state index is 0.0580. The van der Waals surface area contributed by atoms with Crippen molar-refractivity contribution in [1.82, 2.24) is 24.8 Å². The van der Waals surface area contributed by atoms with Crippen LogP contribution in [0, 0.1) is 18.8 Å². The highest BCUT2D eigenvalue weighted by Gasteiger charge is 2.24. The van der Waals surface area contributed by atoms with E-state index in [4.69, 9.17) is 4.98 Å². The SMILES string of the molecule is CC(=O)C#Cc1c(C)c2cnc(Nc3ccc(N4CCNCC4)cn3)nc2n(C2CCCC2)c1=O. The molecule has 1 saturated carbocycles. The molecule has 0 aromatic carbocycles. The van der Waals surface area contributed by atoms with E-state index in [1.807, 2.05) is 25.3 Å². The Bertz CT molecular complexity index is 1370. The molecule has 0 bridgehead atoms. The fourth-order valence-electron chi connectivity index (χ4n) is 4.88. The van der Waals surface area contributed by atoms with Crippen LogP contribution in [0.1, 0.15) is 49.8 Å². The molecule has 3 aromatic heterocycles. The van der Waals surface area contributed by atoms with Gasteiger partial charge >= 0.3 is 0 Å². The third kappa shape index (κ3) is 4.75. The van der Waals surface area contributed by atoms with Gasteiger partial charge in [-0.05, 0) is 43.4 Å². The number of carbonyl (C=O) groups excluding carboxylic acids is 1. The van der Waals surface area contributed by atoms with Gasteiger partial charge in [-0.1, -0.05) is 18.8 Å². The van der Waals surface area contributed by atoms with Gasteiger partial charge in [-0.3, -0.25) is 14.2 Å². The van der Waals surface area contributed by atoms with E-state index in [1.54, 1.807) is 10.8 Å². The monoisotopic (exact) mass is 471 g/mol. The molecule has 2 fully saturated rings. The molecule has 5 rings (SSSR count). The van der Waals surface area contributed by atoms with Crippen LogP contribution in [0.4, 0.5) is 17.5 Å². The number of anilines is 3. The standard InChI is InChI=1S/C26H29N7O2/c1-17(34)7-9-21-18(2)22-16-29-26(31-24(22)33(25(21)35)19-5-3-4-6-19)30-23-10-8-20(15-28-23)32-13-11-27-12-14-32/h8,10,15-16,19,27H,3-6,11-14H2,1-2H3,(H,28,29,30,31). The fraction of sp³-hybridized carbons (Fsp3) is 0.423. The predicted octanol–water partition coefficient (Wildman–Crippen LogP) is 2.70. The zero-order valence-corrected chi connectivity index (χ0v) is 20.1. The molecule has 0 atom stereocenters. The zero-order valence-electron chi connectivity index (χ0n) is 20.1. The Balaban J connectivity index is 1.52. The summed E-state index contributed by atoms with van der Waals surface area (Å²) in [5, 5.41) is 7.30. The summed E-state index contributed by atoms with van der Waals surface area (Å²) in [6.45, 7) is 7.08. The van der Waals surface area contributed by atoms with Crippen LogP contribution in [0.25, 0.3) is 11.0 Å². The van der Waals surface area contributed by atoms with Gasteiger partial charge in [-0.15, -0.1) is 0 Å². The third-order valence-corrected chi connectivity index (χ3v) is 6.73. The lowest BCUT2D eigenvalue weighted by Gasteiger charge is -2.29. The van der Waals surface area contributed by atoms with Crippen molar-refractivity contribution in [1.29, 1.82) is 0 Å². The van der Waals surface area contributed by atoms with Gasteiger partial charge in [0.25, 0.3) is 5.56 Å². The Morgan fingerprint density at radius 1 is 1.14 bits per heavy atom. The van der Waals surface area contributed by atoms with Crippen molar-refractivity contribution in [3.63, 3.8) is 0 Å². The van der Waals surface area contributed by atoms with E-state index in [0.717, 1.165) is 62.9 Å². The number of piperazine rings is 1. The Hall–Kier alpha value is -3.77. The fourth-order valence-corrected chi connectivity index (χ4v) is 4.88. The van der Waals surface area contributed by atoms with E-state index < -0.39 is 0 Å². The number of nitrogens with zero attached hydrogens (tertiary/aromatic N) is 5. The summed E-state index contributed by atoms with van der Waals surface area (Å²) in [6, 6.07) is 4.02. The van der Waals surface area contributed by atoms with Crippen LogP contribution in [0.2, 0.25) is 0 Å². The second-order valence-corrected chi connectivity index (χ2v) is 9.11. The second-order valence-electron chi connectivity index (χ2n) is 9.11. The molecule has 9 heteroatoms. The summed E-state index contributed by atoms with van der Waals surface area (Å²) in [5.41, 5.74) is 2.51. The highest BCUT2D eigenvalue weighted by Crippen LogP contribution is 2.32. The van der Waals surface area contributed by atoms with Gasteiger partial charge < -0.3 is 15.5 Å². The third-order valence-electron chi connectivity index (χ3n) is 6.73. The van der Waals surface area contributed by atoms with Gasteiger partial charge in [0.05, 0.1) is 17.4 Å². The number of hydrogen-bond acceptors (Lipinski definition) is 8. The van der Waals surface area contributed by atoms with Crippen LogP contribution in [0.15, 0.2) is 29.3 Å². The number of ketones is 1. The van der Waals surface area contributed by atoms with Gasteiger partial charge in [0.2, 0.25) is 11.7 Å². The number of aryl methyl sites for hydroxylation is 1. The number of aromatic nitrogens is 4. The topological polar surface area (TPSA) is 105 Å². The van der Waals surface area contributed by atoms with E-state index in [-0.39, 0.29) is 17.4 Å². The summed E-state index contributed by atoms with van der Waals surface area (Å²) < 4.78 is 1.76. The van der Waals surface area contributed by atoms with Crippen molar-refractivity contribution in [2.75, 3.05) is 36.4 Å². The molecule has 2 aliphatic rings. The number of Topliss-reactive ketones (excluding diaryl/α,β-unsaturated/α-hetero) is 1. The molecule has 1 aliphatic heterocycles. The molecular weight excluding hydrogens is 442 g/mol. The van der Waals surface area contributed by atoms with Gasteiger partial charge in [-0.2, -0.15) is 4.98 Å². The van der Waals surface area contributed by atoms with E-state index in [0.29, 0.717) is 28.5 Å². The predicted molar refractivity (Wildman–Crippen MR) is 136 cm³/mol. The van der Waals surface area contributed by atoms with Crippen molar-refractivity contribution in [3.8, 4) is 11.8 Å². The van der Waals surface area contributed by atoms with Gasteiger partial charge in [-0.25, -0.2) is 9.97 Å². The molecule has 180 valence electrons. The molecule has 0 spiro atoms. The van der Waals surface area contributed by atoms with Crippen LogP contribution < -0.4 is 21.1 Å². The molecule has 35 heavy (non-hydrogen) atoms. The Morgan fingerprint density at radius 3 is 2.60 bits per heavy atom. The van der Waals surface area contributed by atoms with Crippen molar-refractivity contribution < 1.29 is 4.79 Å². The molecule has 1 saturated heterocycles. The molecule has 2 N–H and O–H groups in total. The van der Waals surface area contributed by atoms with Crippen molar-refractivity contribution >= 4 is 34.3 Å². The lowest BCUT2D eigenvalue weighted by Crippen LogP contribution is -2.43. The van der Waals surface area contributed by atoms with Crippen LogP contribution in [0.5, 0.6) is 0 Å². The van der Waals surface area contributed by atoms with Crippen LogP contribution in [0.3, 0.4) is 0 Å². The summed E-state index contributed by atoms with van der Waals surface area (Å²) in [6.07, 6.45) is 7.55. The summed E-state index contributed by atoms with van der Waals surface area (Å²) in [4.78, 5) is 41.1. The van der Waals surface area contributed by atoms with E-state index in [2.05, 4.69) is 37.3 Å². The molecule has 1 aliphatic carbocycles. The minimum Gasteiger partial charge on any atom is -0.368 e. The Morgan fingerprint density at radius 2 is 1.91 bits per heavy atom. The first kappa shape index (κ1) is 23.0. The van der Waals surface area contributed by atoms with Crippen molar-refractivity contribution in [3.05, 3.63) is 46.0 Å². The average Bonchev–Trinajstić information content (AvgIpc) is 3.39. The van der Waals surface area contributed by atoms with Crippen LogP contribution in [-0.2, 0) is 4.79 Å². The molecule has 0 radical (unpaired) electrons. The molecule has 4 heterocycles.